The van der Waals surface area contributed by atoms with Crippen molar-refractivity contribution in [2.24, 2.45) is 5.73 Å². The van der Waals surface area contributed by atoms with E-state index in [9.17, 15) is 0 Å². The number of para-hydroxylation sites is 1. The Bertz CT molecular complexity index is 296. The molecule has 1 aromatic rings. The van der Waals surface area contributed by atoms with Crippen LogP contribution in [0.2, 0.25) is 0 Å². The molecule has 1 aromatic carbocycles. The van der Waals surface area contributed by atoms with Crippen molar-refractivity contribution >= 4 is 5.69 Å². The summed E-state index contributed by atoms with van der Waals surface area (Å²) in [5.74, 6) is 0. The number of hydrogen-bond acceptors (Lipinski definition) is 2. The SMILES string of the molecule is C[C@H](CN)N1CCc2ccccc21. The monoisotopic (exact) mass is 176 g/mol. The minimum atomic E-state index is 0.462. The van der Waals surface area contributed by atoms with E-state index in [-0.39, 0.29) is 0 Å². The summed E-state index contributed by atoms with van der Waals surface area (Å²) in [4.78, 5) is 2.40. The number of hydrogen-bond donors (Lipinski definition) is 1. The standard InChI is InChI=1S/C11H16N2/c1-9(8-12)13-7-6-10-4-2-3-5-11(10)13/h2-5,9H,6-8,12H2,1H3/t9-/m1/s1. The largest absolute Gasteiger partial charge is 0.367 e. The Hall–Kier alpha value is -1.02. The van der Waals surface area contributed by atoms with Crippen molar-refractivity contribution in [3.8, 4) is 0 Å². The molecule has 1 aliphatic rings. The average Bonchev–Trinajstić information content (AvgIpc) is 2.60. The van der Waals surface area contributed by atoms with Crippen molar-refractivity contribution in [3.05, 3.63) is 29.8 Å². The van der Waals surface area contributed by atoms with E-state index in [2.05, 4.69) is 36.1 Å². The molecule has 2 heteroatoms. The van der Waals surface area contributed by atoms with Crippen LogP contribution in [0.25, 0.3) is 0 Å². The first-order valence-electron chi connectivity index (χ1n) is 4.87. The third-order valence-electron chi connectivity index (χ3n) is 2.80. The molecular weight excluding hydrogens is 160 g/mol. The van der Waals surface area contributed by atoms with Crippen LogP contribution in [0, 0.1) is 0 Å². The van der Waals surface area contributed by atoms with E-state index in [0.29, 0.717) is 6.04 Å². The van der Waals surface area contributed by atoms with Gasteiger partial charge in [-0.25, -0.2) is 0 Å². The van der Waals surface area contributed by atoms with Gasteiger partial charge in [0, 0.05) is 24.8 Å². The maximum absolute atomic E-state index is 5.67. The van der Waals surface area contributed by atoms with E-state index in [1.807, 2.05) is 0 Å². The normalized spacial score (nSPS) is 17.2. The van der Waals surface area contributed by atoms with Gasteiger partial charge in [-0.3, -0.25) is 0 Å². The Morgan fingerprint density at radius 1 is 1.46 bits per heavy atom. The summed E-state index contributed by atoms with van der Waals surface area (Å²) in [6.45, 7) is 4.04. The van der Waals surface area contributed by atoms with Crippen molar-refractivity contribution in [2.75, 3.05) is 18.0 Å². The van der Waals surface area contributed by atoms with E-state index in [1.165, 1.54) is 17.7 Å². The molecule has 0 aliphatic carbocycles. The number of fused-ring (bicyclic) bond motifs is 1. The predicted molar refractivity (Wildman–Crippen MR) is 56.0 cm³/mol. The molecule has 0 fully saturated rings. The molecule has 1 atom stereocenters. The molecule has 1 aliphatic heterocycles. The van der Waals surface area contributed by atoms with Gasteiger partial charge < -0.3 is 10.6 Å². The second-order valence-corrected chi connectivity index (χ2v) is 3.66. The van der Waals surface area contributed by atoms with Crippen LogP contribution in [-0.4, -0.2) is 19.1 Å². The topological polar surface area (TPSA) is 29.3 Å². The molecule has 0 aromatic heterocycles. The van der Waals surface area contributed by atoms with E-state index in [0.717, 1.165) is 13.1 Å². The van der Waals surface area contributed by atoms with E-state index >= 15 is 0 Å². The summed E-state index contributed by atoms with van der Waals surface area (Å²) in [5.41, 5.74) is 8.50. The number of benzene rings is 1. The fourth-order valence-electron chi connectivity index (χ4n) is 1.95. The average molecular weight is 176 g/mol. The molecule has 0 saturated carbocycles. The van der Waals surface area contributed by atoms with Crippen molar-refractivity contribution in [1.29, 1.82) is 0 Å². The van der Waals surface area contributed by atoms with Crippen molar-refractivity contribution in [2.45, 2.75) is 19.4 Å². The Balaban J connectivity index is 2.28. The van der Waals surface area contributed by atoms with Crippen LogP contribution in [0.3, 0.4) is 0 Å². The lowest BCUT2D eigenvalue weighted by Crippen LogP contribution is -2.37. The van der Waals surface area contributed by atoms with Crippen LogP contribution in [0.15, 0.2) is 24.3 Å². The second-order valence-electron chi connectivity index (χ2n) is 3.66. The number of nitrogens with zero attached hydrogens (tertiary/aromatic N) is 1. The highest BCUT2D eigenvalue weighted by Gasteiger charge is 2.21. The molecule has 2 rings (SSSR count). The van der Waals surface area contributed by atoms with Crippen LogP contribution in [0.4, 0.5) is 5.69 Å². The molecule has 2 N–H and O–H groups in total. The zero-order valence-corrected chi connectivity index (χ0v) is 8.03. The highest BCUT2D eigenvalue weighted by molar-refractivity contribution is 5.58. The van der Waals surface area contributed by atoms with Crippen molar-refractivity contribution in [3.63, 3.8) is 0 Å². The van der Waals surface area contributed by atoms with Gasteiger partial charge in [-0.1, -0.05) is 18.2 Å². The summed E-state index contributed by atoms with van der Waals surface area (Å²) in [7, 11) is 0. The molecule has 0 amide bonds. The van der Waals surface area contributed by atoms with Crippen LogP contribution < -0.4 is 10.6 Å². The van der Waals surface area contributed by atoms with Gasteiger partial charge in [-0.05, 0) is 25.0 Å². The van der Waals surface area contributed by atoms with Crippen LogP contribution in [0.1, 0.15) is 12.5 Å². The second kappa shape index (κ2) is 3.38. The highest BCUT2D eigenvalue weighted by Crippen LogP contribution is 2.28. The summed E-state index contributed by atoms with van der Waals surface area (Å²) in [6, 6.07) is 9.06. The van der Waals surface area contributed by atoms with Gasteiger partial charge in [0.25, 0.3) is 0 Å². The van der Waals surface area contributed by atoms with Crippen LogP contribution in [0.5, 0.6) is 0 Å². The maximum Gasteiger partial charge on any atom is 0.0402 e. The van der Waals surface area contributed by atoms with E-state index in [1.54, 1.807) is 0 Å². The van der Waals surface area contributed by atoms with Crippen LogP contribution >= 0.6 is 0 Å². The molecule has 70 valence electrons. The third kappa shape index (κ3) is 1.42. The Labute approximate surface area is 79.4 Å². The molecule has 1 heterocycles. The Kier molecular flexibility index (Phi) is 2.23. The van der Waals surface area contributed by atoms with E-state index < -0.39 is 0 Å². The zero-order valence-electron chi connectivity index (χ0n) is 8.03. The first kappa shape index (κ1) is 8.57. The molecule has 0 bridgehead atoms. The third-order valence-corrected chi connectivity index (χ3v) is 2.80. The van der Waals surface area contributed by atoms with Gasteiger partial charge in [0.1, 0.15) is 0 Å². The first-order valence-corrected chi connectivity index (χ1v) is 4.87. The lowest BCUT2D eigenvalue weighted by Gasteiger charge is -2.25. The minimum absolute atomic E-state index is 0.462. The lowest BCUT2D eigenvalue weighted by atomic mass is 10.2. The fourth-order valence-corrected chi connectivity index (χ4v) is 1.95. The summed E-state index contributed by atoms with van der Waals surface area (Å²) in [5, 5.41) is 0. The summed E-state index contributed by atoms with van der Waals surface area (Å²) < 4.78 is 0. The Morgan fingerprint density at radius 2 is 2.23 bits per heavy atom. The molecule has 0 saturated heterocycles. The zero-order chi connectivity index (χ0) is 9.26. The lowest BCUT2D eigenvalue weighted by molar-refractivity contribution is 0.663. The van der Waals surface area contributed by atoms with Crippen molar-refractivity contribution in [1.82, 2.24) is 0 Å². The fraction of sp³-hybridized carbons (Fsp3) is 0.455. The summed E-state index contributed by atoms with van der Waals surface area (Å²) >= 11 is 0. The van der Waals surface area contributed by atoms with Gasteiger partial charge in [-0.2, -0.15) is 0 Å². The number of anilines is 1. The van der Waals surface area contributed by atoms with Crippen molar-refractivity contribution < 1.29 is 0 Å². The predicted octanol–water partition coefficient (Wildman–Crippen LogP) is 1.40. The van der Waals surface area contributed by atoms with Gasteiger partial charge in [0.05, 0.1) is 0 Å². The molecule has 2 nitrogen and oxygen atoms in total. The first-order chi connectivity index (χ1) is 6.33. The number of rotatable bonds is 2. The maximum atomic E-state index is 5.67. The smallest absolute Gasteiger partial charge is 0.0402 e. The van der Waals surface area contributed by atoms with Gasteiger partial charge in [0.2, 0.25) is 0 Å². The highest BCUT2D eigenvalue weighted by atomic mass is 15.2. The molecule has 0 unspecified atom stereocenters. The minimum Gasteiger partial charge on any atom is -0.367 e. The quantitative estimate of drug-likeness (QED) is 0.738. The molecule has 0 radical (unpaired) electrons. The number of nitrogens with two attached hydrogens (primary N) is 1. The van der Waals surface area contributed by atoms with Gasteiger partial charge in [0.15, 0.2) is 0 Å². The molecular formula is C11H16N2. The van der Waals surface area contributed by atoms with Gasteiger partial charge >= 0.3 is 0 Å². The Morgan fingerprint density at radius 3 is 3.00 bits per heavy atom. The van der Waals surface area contributed by atoms with Crippen LogP contribution in [-0.2, 0) is 6.42 Å². The molecule has 0 spiro atoms. The summed E-state index contributed by atoms with van der Waals surface area (Å²) in [6.07, 6.45) is 1.17. The van der Waals surface area contributed by atoms with E-state index in [4.69, 9.17) is 5.73 Å². The molecule has 13 heavy (non-hydrogen) atoms. The van der Waals surface area contributed by atoms with Gasteiger partial charge in [-0.15, -0.1) is 0 Å².